The minimum absolute atomic E-state index is 0.137. The monoisotopic (exact) mass is 393 g/mol. The molecule has 0 atom stereocenters. The van der Waals surface area contributed by atoms with E-state index in [1.165, 1.54) is 13.2 Å². The molecule has 3 N–H and O–H groups in total. The molecule has 1 amide bonds. The van der Waals surface area contributed by atoms with Crippen molar-refractivity contribution in [2.24, 2.45) is 0 Å². The zero-order valence-corrected chi connectivity index (χ0v) is 15.4. The Bertz CT molecular complexity index is 852. The van der Waals surface area contributed by atoms with Crippen molar-refractivity contribution in [2.75, 3.05) is 25.6 Å². The van der Waals surface area contributed by atoms with E-state index in [1.807, 2.05) is 6.92 Å². The van der Waals surface area contributed by atoms with E-state index in [0.717, 1.165) is 6.20 Å². The number of aryl methyl sites for hydroxylation is 1. The molecule has 0 aliphatic carbocycles. The minimum Gasteiger partial charge on any atom is -0.388 e. The number of alkyl halides is 2. The standard InChI is InChI=1S/C17H21F2N7O2/c1-3-26-10-22-25-16(26)12-5-4-6-13(23-12)24-17(27)11(14(20)15(18)19)9-21-7-8-28-2/h4-6,9-10,15,20-21H,3,7-8H2,1-2H3,(H,23,24,27)/b11-9+,20-14?. The fraction of sp³-hybridized carbons (Fsp3) is 0.353. The first-order chi connectivity index (χ1) is 13.5. The highest BCUT2D eigenvalue weighted by Gasteiger charge is 2.23. The minimum atomic E-state index is -3.09. The summed E-state index contributed by atoms with van der Waals surface area (Å²) in [5, 5.41) is 20.4. The molecule has 28 heavy (non-hydrogen) atoms. The van der Waals surface area contributed by atoms with Gasteiger partial charge in [0, 0.05) is 26.4 Å². The van der Waals surface area contributed by atoms with Gasteiger partial charge in [-0.1, -0.05) is 6.07 Å². The van der Waals surface area contributed by atoms with Gasteiger partial charge in [-0.2, -0.15) is 0 Å². The molecule has 0 unspecified atom stereocenters. The first-order valence-electron chi connectivity index (χ1n) is 8.44. The Balaban J connectivity index is 2.20. The molecule has 0 aromatic carbocycles. The average Bonchev–Trinajstić information content (AvgIpc) is 3.16. The Hall–Kier alpha value is -3.21. The summed E-state index contributed by atoms with van der Waals surface area (Å²) in [5.74, 6) is -0.231. The van der Waals surface area contributed by atoms with Crippen LogP contribution in [0.1, 0.15) is 6.92 Å². The molecule has 0 fully saturated rings. The maximum atomic E-state index is 13.0. The maximum Gasteiger partial charge on any atom is 0.280 e. The number of halogens is 2. The smallest absolute Gasteiger partial charge is 0.280 e. The molecule has 0 spiro atoms. The van der Waals surface area contributed by atoms with Gasteiger partial charge in [0.15, 0.2) is 5.82 Å². The number of carbonyl (C=O) groups excluding carboxylic acids is 1. The molecule has 0 saturated heterocycles. The fourth-order valence-corrected chi connectivity index (χ4v) is 2.22. The molecule has 0 aliphatic heterocycles. The van der Waals surface area contributed by atoms with E-state index in [9.17, 15) is 13.6 Å². The molecule has 9 nitrogen and oxygen atoms in total. The van der Waals surface area contributed by atoms with Gasteiger partial charge >= 0.3 is 0 Å². The van der Waals surface area contributed by atoms with Crippen LogP contribution in [0, 0.1) is 5.41 Å². The molecule has 2 rings (SSSR count). The van der Waals surface area contributed by atoms with E-state index in [0.29, 0.717) is 31.2 Å². The molecule has 150 valence electrons. The van der Waals surface area contributed by atoms with E-state index in [-0.39, 0.29) is 5.82 Å². The highest BCUT2D eigenvalue weighted by atomic mass is 19.3. The van der Waals surface area contributed by atoms with Crippen LogP contribution in [0.3, 0.4) is 0 Å². The van der Waals surface area contributed by atoms with Crippen LogP contribution >= 0.6 is 0 Å². The number of hydrogen-bond donors (Lipinski definition) is 3. The van der Waals surface area contributed by atoms with Gasteiger partial charge in [-0.25, -0.2) is 13.8 Å². The lowest BCUT2D eigenvalue weighted by atomic mass is 10.1. The Kier molecular flexibility index (Phi) is 7.69. The molecule has 0 bridgehead atoms. The van der Waals surface area contributed by atoms with Gasteiger partial charge in [-0.15, -0.1) is 10.2 Å². The Morgan fingerprint density at radius 2 is 2.21 bits per heavy atom. The Labute approximate surface area is 160 Å². The summed E-state index contributed by atoms with van der Waals surface area (Å²) in [6, 6.07) is 4.84. The van der Waals surface area contributed by atoms with Crippen molar-refractivity contribution in [3.63, 3.8) is 0 Å². The van der Waals surface area contributed by atoms with Crippen molar-refractivity contribution < 1.29 is 18.3 Å². The number of ether oxygens (including phenoxy) is 1. The van der Waals surface area contributed by atoms with Crippen LogP contribution in [0.4, 0.5) is 14.6 Å². The van der Waals surface area contributed by atoms with E-state index in [2.05, 4.69) is 25.8 Å². The average molecular weight is 393 g/mol. The molecular weight excluding hydrogens is 372 g/mol. The third-order valence-corrected chi connectivity index (χ3v) is 3.63. The number of amides is 1. The number of carbonyl (C=O) groups is 1. The Morgan fingerprint density at radius 3 is 2.89 bits per heavy atom. The van der Waals surface area contributed by atoms with Crippen molar-refractivity contribution in [3.8, 4) is 11.5 Å². The van der Waals surface area contributed by atoms with Gasteiger partial charge in [-0.3, -0.25) is 10.2 Å². The van der Waals surface area contributed by atoms with Crippen LogP contribution in [-0.4, -0.2) is 58.1 Å². The molecule has 2 heterocycles. The number of anilines is 1. The van der Waals surface area contributed by atoms with Crippen LogP contribution in [0.25, 0.3) is 11.5 Å². The number of hydrogen-bond acceptors (Lipinski definition) is 7. The van der Waals surface area contributed by atoms with E-state index in [4.69, 9.17) is 10.1 Å². The van der Waals surface area contributed by atoms with Gasteiger partial charge in [-0.05, 0) is 19.1 Å². The van der Waals surface area contributed by atoms with Crippen molar-refractivity contribution in [1.82, 2.24) is 25.1 Å². The normalized spacial score (nSPS) is 11.5. The second kappa shape index (κ2) is 10.2. The van der Waals surface area contributed by atoms with Crippen LogP contribution in [0.15, 0.2) is 36.3 Å². The zero-order chi connectivity index (χ0) is 20.5. The summed E-state index contributed by atoms with van der Waals surface area (Å²) >= 11 is 0. The number of rotatable bonds is 10. The maximum absolute atomic E-state index is 13.0. The lowest BCUT2D eigenvalue weighted by Gasteiger charge is -2.11. The molecule has 2 aromatic heterocycles. The molecule has 11 heteroatoms. The Morgan fingerprint density at radius 1 is 1.43 bits per heavy atom. The number of pyridine rings is 1. The second-order valence-corrected chi connectivity index (χ2v) is 5.52. The zero-order valence-electron chi connectivity index (χ0n) is 15.4. The second-order valence-electron chi connectivity index (χ2n) is 5.52. The van der Waals surface area contributed by atoms with Gasteiger partial charge in [0.05, 0.1) is 12.2 Å². The van der Waals surface area contributed by atoms with E-state index >= 15 is 0 Å². The summed E-state index contributed by atoms with van der Waals surface area (Å²) in [6.07, 6.45) is -0.470. The number of nitrogens with one attached hydrogen (secondary N) is 3. The van der Waals surface area contributed by atoms with Gasteiger partial charge in [0.1, 0.15) is 23.6 Å². The number of nitrogens with zero attached hydrogens (tertiary/aromatic N) is 4. The van der Waals surface area contributed by atoms with Crippen molar-refractivity contribution >= 4 is 17.4 Å². The lowest BCUT2D eigenvalue weighted by Crippen LogP contribution is -2.27. The number of aromatic nitrogens is 4. The van der Waals surface area contributed by atoms with Crippen LogP contribution < -0.4 is 10.6 Å². The quantitative estimate of drug-likeness (QED) is 0.321. The molecule has 0 radical (unpaired) electrons. The van der Waals surface area contributed by atoms with Crippen molar-refractivity contribution in [1.29, 1.82) is 5.41 Å². The third-order valence-electron chi connectivity index (χ3n) is 3.63. The van der Waals surface area contributed by atoms with E-state index in [1.54, 1.807) is 23.0 Å². The summed E-state index contributed by atoms with van der Waals surface area (Å²) < 4.78 is 32.5. The molecule has 0 aliphatic rings. The predicted octanol–water partition coefficient (Wildman–Crippen LogP) is 1.70. The molecular formula is C17H21F2N7O2. The first kappa shape index (κ1) is 21.1. The summed E-state index contributed by atoms with van der Waals surface area (Å²) in [4.78, 5) is 16.7. The lowest BCUT2D eigenvalue weighted by molar-refractivity contribution is -0.112. The van der Waals surface area contributed by atoms with Gasteiger partial charge in [0.2, 0.25) is 0 Å². The fourth-order valence-electron chi connectivity index (χ4n) is 2.22. The van der Waals surface area contributed by atoms with Crippen molar-refractivity contribution in [2.45, 2.75) is 19.9 Å². The van der Waals surface area contributed by atoms with Crippen LogP contribution in [0.5, 0.6) is 0 Å². The van der Waals surface area contributed by atoms with Crippen LogP contribution in [0.2, 0.25) is 0 Å². The third kappa shape index (κ3) is 5.39. The summed E-state index contributed by atoms with van der Waals surface area (Å²) in [7, 11) is 1.48. The molecule has 0 saturated carbocycles. The van der Waals surface area contributed by atoms with E-state index < -0.39 is 23.6 Å². The number of methoxy groups -OCH3 is 1. The van der Waals surface area contributed by atoms with Crippen molar-refractivity contribution in [3.05, 3.63) is 36.3 Å². The highest BCUT2D eigenvalue weighted by Crippen LogP contribution is 2.17. The highest BCUT2D eigenvalue weighted by molar-refractivity contribution is 6.25. The predicted molar refractivity (Wildman–Crippen MR) is 99.2 cm³/mol. The summed E-state index contributed by atoms with van der Waals surface area (Å²) in [6.45, 7) is 3.16. The topological polar surface area (TPSA) is 118 Å². The summed E-state index contributed by atoms with van der Waals surface area (Å²) in [5.41, 5.74) is -1.12. The molecule has 2 aromatic rings. The largest absolute Gasteiger partial charge is 0.388 e. The first-order valence-corrected chi connectivity index (χ1v) is 8.44. The van der Waals surface area contributed by atoms with Gasteiger partial charge < -0.3 is 19.9 Å². The van der Waals surface area contributed by atoms with Crippen LogP contribution in [-0.2, 0) is 16.1 Å². The SMILES string of the molecule is CCn1cnnc1-c1cccc(NC(=O)/C(=C/NCCOC)C(=N)C(F)F)n1. The van der Waals surface area contributed by atoms with Gasteiger partial charge in [0.25, 0.3) is 12.3 Å².